The van der Waals surface area contributed by atoms with Crippen LogP contribution in [-0.4, -0.2) is 60.0 Å². The molecule has 196 valence electrons. The minimum absolute atomic E-state index is 0.195. The lowest BCUT2D eigenvalue weighted by atomic mass is 10.1. The smallest absolute Gasteiger partial charge is 0.245 e. The van der Waals surface area contributed by atoms with Gasteiger partial charge in [0.1, 0.15) is 6.34 Å². The van der Waals surface area contributed by atoms with Crippen LogP contribution in [0, 0.1) is 12.7 Å². The minimum Gasteiger partial charge on any atom is -0.378 e. The number of nitrogens with one attached hydrogen (secondary N) is 2. The van der Waals surface area contributed by atoms with E-state index in [1.54, 1.807) is 18.6 Å². The number of morpholine rings is 1. The van der Waals surface area contributed by atoms with Crippen LogP contribution in [0.25, 0.3) is 5.70 Å². The Balaban J connectivity index is 1.37. The molecule has 0 bridgehead atoms. The van der Waals surface area contributed by atoms with Gasteiger partial charge in [-0.1, -0.05) is 13.5 Å². The molecule has 0 spiro atoms. The molecule has 1 aliphatic rings. The second kappa shape index (κ2) is 13.2. The number of ether oxygens (including phenoxy) is 1. The highest BCUT2D eigenvalue weighted by atomic mass is 19.1. The number of rotatable bonds is 10. The van der Waals surface area contributed by atoms with Crippen molar-refractivity contribution in [1.82, 2.24) is 15.0 Å². The number of hydrazone groups is 1. The topological polar surface area (TPSA) is 112 Å². The van der Waals surface area contributed by atoms with E-state index in [0.717, 1.165) is 35.1 Å². The quantitative estimate of drug-likeness (QED) is 0.226. The summed E-state index contributed by atoms with van der Waals surface area (Å²) in [5.74, 6) is -0.0555. The number of hydrogen-bond acceptors (Lipinski definition) is 9. The molecule has 0 atom stereocenters. The molecule has 2 aromatic heterocycles. The lowest BCUT2D eigenvalue weighted by Gasteiger charge is -2.27. The Hall–Kier alpha value is -4.51. The van der Waals surface area contributed by atoms with Gasteiger partial charge in [0.15, 0.2) is 11.6 Å². The van der Waals surface area contributed by atoms with Crippen LogP contribution in [0.15, 0.2) is 64.4 Å². The van der Waals surface area contributed by atoms with Crippen molar-refractivity contribution >= 4 is 47.6 Å². The molecular formula is C27H30FN9O. The molecule has 0 radical (unpaired) electrons. The minimum atomic E-state index is -0.481. The van der Waals surface area contributed by atoms with E-state index in [-0.39, 0.29) is 11.8 Å². The van der Waals surface area contributed by atoms with Crippen LogP contribution in [0.4, 0.5) is 27.5 Å². The summed E-state index contributed by atoms with van der Waals surface area (Å²) < 4.78 is 19.5. The number of aromatic nitrogens is 3. The van der Waals surface area contributed by atoms with Gasteiger partial charge >= 0.3 is 0 Å². The van der Waals surface area contributed by atoms with Gasteiger partial charge in [0.05, 0.1) is 48.9 Å². The summed E-state index contributed by atoms with van der Waals surface area (Å²) in [5.41, 5.74) is 7.66. The van der Waals surface area contributed by atoms with Gasteiger partial charge in [-0.3, -0.25) is 4.98 Å². The first-order valence-corrected chi connectivity index (χ1v) is 12.2. The van der Waals surface area contributed by atoms with Crippen molar-refractivity contribution in [3.8, 4) is 0 Å². The molecular weight excluding hydrogens is 485 g/mol. The molecule has 1 aromatic carbocycles. The first-order chi connectivity index (χ1) is 18.5. The predicted molar refractivity (Wildman–Crippen MR) is 151 cm³/mol. The maximum absolute atomic E-state index is 14.2. The summed E-state index contributed by atoms with van der Waals surface area (Å²) in [6.45, 7) is 10.3. The van der Waals surface area contributed by atoms with Crippen molar-refractivity contribution in [1.29, 1.82) is 0 Å². The molecule has 0 unspecified atom stereocenters. The van der Waals surface area contributed by atoms with Crippen molar-refractivity contribution in [2.45, 2.75) is 20.3 Å². The second-order valence-electron chi connectivity index (χ2n) is 8.45. The zero-order chi connectivity index (χ0) is 26.7. The maximum Gasteiger partial charge on any atom is 0.245 e. The van der Waals surface area contributed by atoms with E-state index in [0.29, 0.717) is 37.7 Å². The van der Waals surface area contributed by atoms with Crippen LogP contribution < -0.4 is 15.6 Å². The van der Waals surface area contributed by atoms with Crippen molar-refractivity contribution in [2.75, 3.05) is 41.9 Å². The van der Waals surface area contributed by atoms with E-state index in [1.165, 1.54) is 6.34 Å². The van der Waals surface area contributed by atoms with Gasteiger partial charge in [-0.25, -0.2) is 24.8 Å². The molecule has 3 heterocycles. The fourth-order valence-electron chi connectivity index (χ4n) is 3.64. The van der Waals surface area contributed by atoms with Crippen LogP contribution in [0.5, 0.6) is 0 Å². The summed E-state index contributed by atoms with van der Waals surface area (Å²) in [5, 5.41) is 7.49. The number of aliphatic imine (C=N–C) groups is 2. The molecule has 0 saturated carbocycles. The average Bonchev–Trinajstić information content (AvgIpc) is 2.93. The Morgan fingerprint density at radius 1 is 1.16 bits per heavy atom. The Labute approximate surface area is 221 Å². The normalized spacial score (nSPS) is 14.0. The standard InChI is InChI=1S/C27H30FN9O/c1-4-7-29-18-32-20(3)21-12-19(2)13-24(14-21)34-23-6-5-22(30-15-23)16-33-36-27-31-17-25(28)26(35-27)37-8-10-38-11-9-37/h5-7,12-18,34H,3-4,8-11H2,1-2H3,(H,31,35,36)/b29-7?,32-18?,33-16+. The second-order valence-corrected chi connectivity index (χ2v) is 8.45. The molecule has 0 aliphatic carbocycles. The monoisotopic (exact) mass is 515 g/mol. The van der Waals surface area contributed by atoms with Crippen LogP contribution >= 0.6 is 0 Å². The number of anilines is 4. The highest BCUT2D eigenvalue weighted by Crippen LogP contribution is 2.24. The van der Waals surface area contributed by atoms with E-state index < -0.39 is 5.82 Å². The SMILES string of the molecule is C=C(N=CN=CCC)c1cc(C)cc(Nc2ccc(/C=N/Nc3ncc(F)c(N4CCOCC4)n3)nc2)c1. The van der Waals surface area contributed by atoms with Crippen molar-refractivity contribution in [2.24, 2.45) is 15.1 Å². The van der Waals surface area contributed by atoms with Gasteiger partial charge in [0.25, 0.3) is 0 Å². The summed E-state index contributed by atoms with van der Waals surface area (Å²) >= 11 is 0. The zero-order valence-electron chi connectivity index (χ0n) is 21.4. The van der Waals surface area contributed by atoms with Gasteiger partial charge in [-0.05, 0) is 49.2 Å². The molecule has 1 aliphatic heterocycles. The van der Waals surface area contributed by atoms with Crippen molar-refractivity contribution in [3.05, 3.63) is 71.9 Å². The largest absolute Gasteiger partial charge is 0.378 e. The molecule has 11 heteroatoms. The third kappa shape index (κ3) is 7.50. The number of nitrogens with zero attached hydrogens (tertiary/aromatic N) is 7. The van der Waals surface area contributed by atoms with Crippen molar-refractivity contribution in [3.63, 3.8) is 0 Å². The third-order valence-corrected chi connectivity index (χ3v) is 5.45. The van der Waals surface area contributed by atoms with Gasteiger partial charge in [0, 0.05) is 30.6 Å². The van der Waals surface area contributed by atoms with Gasteiger partial charge < -0.3 is 15.0 Å². The third-order valence-electron chi connectivity index (χ3n) is 5.45. The van der Waals surface area contributed by atoms with E-state index >= 15 is 0 Å². The van der Waals surface area contributed by atoms with Crippen LogP contribution in [0.1, 0.15) is 30.2 Å². The molecule has 0 amide bonds. The number of hydrogen-bond donors (Lipinski definition) is 2. The fourth-order valence-corrected chi connectivity index (χ4v) is 3.64. The highest BCUT2D eigenvalue weighted by molar-refractivity contribution is 5.80. The summed E-state index contributed by atoms with van der Waals surface area (Å²) in [7, 11) is 0. The first kappa shape index (κ1) is 26.6. The average molecular weight is 516 g/mol. The van der Waals surface area contributed by atoms with Gasteiger partial charge in [-0.2, -0.15) is 10.1 Å². The van der Waals surface area contributed by atoms with E-state index in [2.05, 4.69) is 47.4 Å². The molecule has 3 aromatic rings. The lowest BCUT2D eigenvalue weighted by molar-refractivity contribution is 0.122. The summed E-state index contributed by atoms with van der Waals surface area (Å²) in [6.07, 6.45) is 8.53. The van der Waals surface area contributed by atoms with Crippen molar-refractivity contribution < 1.29 is 9.13 Å². The predicted octanol–water partition coefficient (Wildman–Crippen LogP) is 4.83. The summed E-state index contributed by atoms with van der Waals surface area (Å²) in [6, 6.07) is 9.75. The van der Waals surface area contributed by atoms with E-state index in [1.807, 2.05) is 49.1 Å². The van der Waals surface area contributed by atoms with Crippen LogP contribution in [0.3, 0.4) is 0 Å². The fraction of sp³-hybridized carbons (Fsp3) is 0.259. The van der Waals surface area contributed by atoms with Crippen LogP contribution in [-0.2, 0) is 4.74 Å². The molecule has 2 N–H and O–H groups in total. The first-order valence-electron chi connectivity index (χ1n) is 12.2. The lowest BCUT2D eigenvalue weighted by Crippen LogP contribution is -2.37. The Kier molecular flexibility index (Phi) is 9.19. The number of pyridine rings is 1. The summed E-state index contributed by atoms with van der Waals surface area (Å²) in [4.78, 5) is 22.8. The van der Waals surface area contributed by atoms with Crippen LogP contribution in [0.2, 0.25) is 0 Å². The molecule has 1 saturated heterocycles. The number of halogens is 1. The number of benzene rings is 1. The zero-order valence-corrected chi connectivity index (χ0v) is 21.4. The van der Waals surface area contributed by atoms with Gasteiger partial charge in [-0.15, -0.1) is 0 Å². The van der Waals surface area contributed by atoms with E-state index in [9.17, 15) is 4.39 Å². The Morgan fingerprint density at radius 2 is 2.00 bits per heavy atom. The number of aryl methyl sites for hydroxylation is 1. The molecule has 38 heavy (non-hydrogen) atoms. The van der Waals surface area contributed by atoms with Gasteiger partial charge in [0.2, 0.25) is 5.95 Å². The Morgan fingerprint density at radius 3 is 2.76 bits per heavy atom. The molecule has 10 nitrogen and oxygen atoms in total. The molecule has 4 rings (SSSR count). The Bertz CT molecular complexity index is 1330. The molecule has 1 fully saturated rings. The van der Waals surface area contributed by atoms with E-state index in [4.69, 9.17) is 4.74 Å². The highest BCUT2D eigenvalue weighted by Gasteiger charge is 2.17. The maximum atomic E-state index is 14.2.